The normalized spacial score (nSPS) is 18.8. The molecule has 0 radical (unpaired) electrons. The fourth-order valence-electron chi connectivity index (χ4n) is 3.65. The molecule has 1 aliphatic heterocycles. The van der Waals surface area contributed by atoms with Crippen LogP contribution in [0.1, 0.15) is 44.9 Å². The molecule has 1 saturated carbocycles. The molecule has 0 bridgehead atoms. The number of benzene rings is 1. The second-order valence-corrected chi connectivity index (χ2v) is 7.29. The molecule has 0 aromatic heterocycles. The fraction of sp³-hybridized carbons (Fsp3) is 0.550. The van der Waals surface area contributed by atoms with E-state index in [-0.39, 0.29) is 11.9 Å². The molecule has 1 aliphatic carbocycles. The molecule has 1 aromatic rings. The van der Waals surface area contributed by atoms with Crippen molar-refractivity contribution in [1.82, 2.24) is 10.6 Å². The number of anilines is 2. The van der Waals surface area contributed by atoms with Crippen LogP contribution in [-0.2, 0) is 14.4 Å². The third-order valence-electron chi connectivity index (χ3n) is 5.18. The van der Waals surface area contributed by atoms with E-state index in [1.165, 1.54) is 19.3 Å². The van der Waals surface area contributed by atoms with Gasteiger partial charge in [0.05, 0.1) is 6.54 Å². The van der Waals surface area contributed by atoms with E-state index in [1.807, 2.05) is 17.0 Å². The van der Waals surface area contributed by atoms with Gasteiger partial charge in [-0.25, -0.2) is 0 Å². The number of carbonyl (C=O) groups is 3. The third kappa shape index (κ3) is 5.70. The molecule has 3 rings (SSSR count). The first kappa shape index (κ1) is 19.2. The summed E-state index contributed by atoms with van der Waals surface area (Å²) < 4.78 is 0. The zero-order chi connectivity index (χ0) is 19.1. The predicted octanol–water partition coefficient (Wildman–Crippen LogP) is 1.79. The van der Waals surface area contributed by atoms with Crippen molar-refractivity contribution < 1.29 is 14.4 Å². The quantitative estimate of drug-likeness (QED) is 0.706. The average molecular weight is 372 g/mol. The molecule has 146 valence electrons. The Labute approximate surface area is 159 Å². The number of piperazine rings is 1. The van der Waals surface area contributed by atoms with Crippen LogP contribution in [0.15, 0.2) is 24.3 Å². The highest BCUT2D eigenvalue weighted by molar-refractivity contribution is 6.39. The smallest absolute Gasteiger partial charge is 0.313 e. The predicted molar refractivity (Wildman–Crippen MR) is 105 cm³/mol. The summed E-state index contributed by atoms with van der Waals surface area (Å²) in [5.41, 5.74) is 1.49. The summed E-state index contributed by atoms with van der Waals surface area (Å²) in [4.78, 5) is 37.8. The van der Waals surface area contributed by atoms with Crippen molar-refractivity contribution in [3.8, 4) is 0 Å². The summed E-state index contributed by atoms with van der Waals surface area (Å²) in [7, 11) is 0. The largest absolute Gasteiger partial charge is 0.360 e. The van der Waals surface area contributed by atoms with Gasteiger partial charge in [0.15, 0.2) is 0 Å². The van der Waals surface area contributed by atoms with Crippen molar-refractivity contribution >= 4 is 29.1 Å². The first-order valence-electron chi connectivity index (χ1n) is 9.85. The summed E-state index contributed by atoms with van der Waals surface area (Å²) in [6.45, 7) is 1.70. The lowest BCUT2D eigenvalue weighted by atomic mass is 9.97. The molecule has 1 heterocycles. The zero-order valence-electron chi connectivity index (χ0n) is 15.6. The van der Waals surface area contributed by atoms with Crippen LogP contribution < -0.4 is 20.9 Å². The molecule has 1 aromatic carbocycles. The van der Waals surface area contributed by atoms with E-state index in [0.717, 1.165) is 37.9 Å². The number of nitrogens with zero attached hydrogens (tertiary/aromatic N) is 1. The number of hydrogen-bond acceptors (Lipinski definition) is 4. The van der Waals surface area contributed by atoms with E-state index in [1.54, 1.807) is 12.1 Å². The highest BCUT2D eigenvalue weighted by Crippen LogP contribution is 2.19. The molecule has 2 aliphatic rings. The monoisotopic (exact) mass is 372 g/mol. The minimum atomic E-state index is -0.637. The van der Waals surface area contributed by atoms with Gasteiger partial charge in [0.1, 0.15) is 0 Å². The Kier molecular flexibility index (Phi) is 6.68. The van der Waals surface area contributed by atoms with Gasteiger partial charge in [-0.1, -0.05) is 32.1 Å². The lowest BCUT2D eigenvalue weighted by Gasteiger charge is -2.28. The number of rotatable bonds is 3. The van der Waals surface area contributed by atoms with Gasteiger partial charge in [-0.3, -0.25) is 14.4 Å². The molecule has 2 fully saturated rings. The van der Waals surface area contributed by atoms with Gasteiger partial charge in [-0.15, -0.1) is 0 Å². The first-order chi connectivity index (χ1) is 13.1. The van der Waals surface area contributed by atoms with Gasteiger partial charge >= 0.3 is 11.8 Å². The van der Waals surface area contributed by atoms with Crippen LogP contribution in [0.2, 0.25) is 0 Å². The summed E-state index contributed by atoms with van der Waals surface area (Å²) >= 11 is 0. The molecule has 0 unspecified atom stereocenters. The average Bonchev–Trinajstić information content (AvgIpc) is 2.64. The van der Waals surface area contributed by atoms with Gasteiger partial charge in [0, 0.05) is 30.5 Å². The molecule has 27 heavy (non-hydrogen) atoms. The Balaban J connectivity index is 1.50. The Bertz CT molecular complexity index is 666. The summed E-state index contributed by atoms with van der Waals surface area (Å²) in [6, 6.07) is 7.30. The van der Waals surface area contributed by atoms with Crippen LogP contribution in [0.3, 0.4) is 0 Å². The van der Waals surface area contributed by atoms with Crippen LogP contribution in [0.25, 0.3) is 0 Å². The zero-order valence-corrected chi connectivity index (χ0v) is 15.6. The van der Waals surface area contributed by atoms with E-state index in [9.17, 15) is 14.4 Å². The van der Waals surface area contributed by atoms with Crippen molar-refractivity contribution in [3.05, 3.63) is 24.3 Å². The Hall–Kier alpha value is -2.57. The first-order valence-corrected chi connectivity index (χ1v) is 9.85. The fourth-order valence-corrected chi connectivity index (χ4v) is 3.65. The van der Waals surface area contributed by atoms with Gasteiger partial charge in [-0.2, -0.15) is 0 Å². The van der Waals surface area contributed by atoms with Gasteiger partial charge < -0.3 is 20.9 Å². The van der Waals surface area contributed by atoms with Crippen molar-refractivity contribution in [2.75, 3.05) is 29.9 Å². The van der Waals surface area contributed by atoms with Crippen LogP contribution in [0.4, 0.5) is 11.4 Å². The maximum Gasteiger partial charge on any atom is 0.313 e. The number of nitrogens with one attached hydrogen (secondary N) is 3. The third-order valence-corrected chi connectivity index (χ3v) is 5.18. The number of hydrogen-bond donors (Lipinski definition) is 3. The van der Waals surface area contributed by atoms with E-state index >= 15 is 0 Å². The van der Waals surface area contributed by atoms with Crippen molar-refractivity contribution in [2.45, 2.75) is 51.0 Å². The maximum atomic E-state index is 12.2. The van der Waals surface area contributed by atoms with Crippen molar-refractivity contribution in [2.24, 2.45) is 0 Å². The molecule has 1 saturated heterocycles. The van der Waals surface area contributed by atoms with Crippen LogP contribution in [-0.4, -0.2) is 43.4 Å². The molecular formula is C20H28N4O3. The minimum Gasteiger partial charge on any atom is -0.360 e. The summed E-state index contributed by atoms with van der Waals surface area (Å²) in [5, 5.41) is 8.31. The van der Waals surface area contributed by atoms with Gasteiger partial charge in [0.2, 0.25) is 5.91 Å². The Morgan fingerprint density at radius 3 is 2.30 bits per heavy atom. The standard InChI is InChI=1S/C20H28N4O3/c25-18-14-24(13-12-21-18)17-10-8-16(9-11-17)23-20(27)19(26)22-15-6-4-2-1-3-5-7-15/h8-11,15H,1-7,12-14H2,(H,21,25)(H,22,26)(H,23,27). The molecular weight excluding hydrogens is 344 g/mol. The second-order valence-electron chi connectivity index (χ2n) is 7.29. The highest BCUT2D eigenvalue weighted by Gasteiger charge is 2.20. The summed E-state index contributed by atoms with van der Waals surface area (Å²) in [5.74, 6) is -1.20. The van der Waals surface area contributed by atoms with Gasteiger partial charge in [0.25, 0.3) is 0 Å². The Morgan fingerprint density at radius 2 is 1.63 bits per heavy atom. The number of amides is 3. The van der Waals surface area contributed by atoms with Crippen LogP contribution >= 0.6 is 0 Å². The van der Waals surface area contributed by atoms with Crippen LogP contribution in [0.5, 0.6) is 0 Å². The molecule has 3 amide bonds. The van der Waals surface area contributed by atoms with E-state index in [0.29, 0.717) is 18.8 Å². The van der Waals surface area contributed by atoms with Gasteiger partial charge in [-0.05, 0) is 37.1 Å². The molecule has 7 heteroatoms. The maximum absolute atomic E-state index is 12.2. The number of carbonyl (C=O) groups excluding carboxylic acids is 3. The lowest BCUT2D eigenvalue weighted by molar-refractivity contribution is -0.136. The highest BCUT2D eigenvalue weighted by atomic mass is 16.2. The van der Waals surface area contributed by atoms with E-state index in [4.69, 9.17) is 0 Å². The second kappa shape index (κ2) is 9.39. The Morgan fingerprint density at radius 1 is 0.963 bits per heavy atom. The lowest BCUT2D eigenvalue weighted by Crippen LogP contribution is -2.47. The molecule has 3 N–H and O–H groups in total. The summed E-state index contributed by atoms with van der Waals surface area (Å²) in [6.07, 6.45) is 7.74. The molecule has 7 nitrogen and oxygen atoms in total. The van der Waals surface area contributed by atoms with E-state index < -0.39 is 11.8 Å². The van der Waals surface area contributed by atoms with Crippen molar-refractivity contribution in [3.63, 3.8) is 0 Å². The molecule has 0 spiro atoms. The van der Waals surface area contributed by atoms with E-state index in [2.05, 4.69) is 16.0 Å². The minimum absolute atomic E-state index is 0.00418. The van der Waals surface area contributed by atoms with Crippen LogP contribution in [0, 0.1) is 0 Å². The van der Waals surface area contributed by atoms with Crippen molar-refractivity contribution in [1.29, 1.82) is 0 Å². The topological polar surface area (TPSA) is 90.5 Å². The SMILES string of the molecule is O=C1CN(c2ccc(NC(=O)C(=O)NC3CCCCCCC3)cc2)CCN1. The molecule has 0 atom stereocenters.